The van der Waals surface area contributed by atoms with Crippen LogP contribution in [0.25, 0.3) is 0 Å². The molecule has 0 aromatic heterocycles. The average molecular weight is 798 g/mol. The molecule has 3 fully saturated rings. The molecule has 1 amide bonds. The van der Waals surface area contributed by atoms with Crippen molar-refractivity contribution in [2.75, 3.05) is 13.7 Å². The third-order valence-corrected chi connectivity index (χ3v) is 13.1. The molecular formula is C46H71NO10. The summed E-state index contributed by atoms with van der Waals surface area (Å²) in [6, 6.07) is -1.01. The van der Waals surface area contributed by atoms with E-state index in [9.17, 15) is 34.5 Å². The SMILES string of the molecule is COC1CC2CCC(C)C(O)(O2)C(=O)C(=O)N2CCCCC2C(=O)OC(C(C)CC2CCC(O)CC2)CC=C(C)C(O)CC(=O)C(C)CC(C)C=CC=CC=C1C. The molecule has 320 valence electrons. The topological polar surface area (TPSA) is 160 Å². The maximum Gasteiger partial charge on any atom is 0.329 e. The fraction of sp³-hybridized carbons (Fsp3) is 0.739. The summed E-state index contributed by atoms with van der Waals surface area (Å²) in [5.41, 5.74) is 1.54. The number of ketones is 2. The number of amides is 1. The number of hydrogen-bond donors (Lipinski definition) is 3. The van der Waals surface area contributed by atoms with Crippen LogP contribution in [0.1, 0.15) is 131 Å². The van der Waals surface area contributed by atoms with E-state index < -0.39 is 53.7 Å². The molecule has 4 rings (SSSR count). The first-order chi connectivity index (χ1) is 27.0. The van der Waals surface area contributed by atoms with Gasteiger partial charge in [0.1, 0.15) is 17.9 Å². The molecule has 1 aliphatic carbocycles. The number of fused-ring (bicyclic) bond motifs is 3. The number of cyclic esters (lactones) is 1. The first-order valence-corrected chi connectivity index (χ1v) is 21.6. The first kappa shape index (κ1) is 46.7. The van der Waals surface area contributed by atoms with Crippen LogP contribution in [0.15, 0.2) is 47.6 Å². The van der Waals surface area contributed by atoms with Crippen molar-refractivity contribution < 1.29 is 48.7 Å². The lowest BCUT2D eigenvalue weighted by Crippen LogP contribution is -2.61. The Bertz CT molecular complexity index is 1490. The highest BCUT2D eigenvalue weighted by molar-refractivity contribution is 6.39. The zero-order valence-electron chi connectivity index (χ0n) is 35.6. The predicted molar refractivity (Wildman–Crippen MR) is 219 cm³/mol. The molecule has 4 aliphatic rings. The maximum atomic E-state index is 14.1. The van der Waals surface area contributed by atoms with E-state index in [1.165, 1.54) is 4.90 Å². The van der Waals surface area contributed by atoms with Crippen molar-refractivity contribution in [3.63, 3.8) is 0 Å². The molecule has 0 radical (unpaired) electrons. The van der Waals surface area contributed by atoms with Crippen LogP contribution in [0.3, 0.4) is 0 Å². The quantitative estimate of drug-likeness (QED) is 0.158. The predicted octanol–water partition coefficient (Wildman–Crippen LogP) is 6.73. The summed E-state index contributed by atoms with van der Waals surface area (Å²) in [5.74, 6) is -5.53. The number of aliphatic hydroxyl groups excluding tert-OH is 2. The molecule has 0 aromatic rings. The molecule has 2 bridgehead atoms. The minimum Gasteiger partial charge on any atom is -0.460 e. The van der Waals surface area contributed by atoms with Crippen LogP contribution in [0, 0.1) is 29.6 Å². The molecule has 3 N–H and O–H groups in total. The van der Waals surface area contributed by atoms with Crippen molar-refractivity contribution in [3.8, 4) is 0 Å². The van der Waals surface area contributed by atoms with Gasteiger partial charge >= 0.3 is 5.97 Å². The Morgan fingerprint density at radius 2 is 1.63 bits per heavy atom. The third kappa shape index (κ3) is 13.0. The minimum absolute atomic E-state index is 0.0162. The van der Waals surface area contributed by atoms with Crippen molar-refractivity contribution >= 4 is 23.4 Å². The number of ether oxygens (including phenoxy) is 3. The number of nitrogens with zero attached hydrogens (tertiary/aromatic N) is 1. The largest absolute Gasteiger partial charge is 0.460 e. The summed E-state index contributed by atoms with van der Waals surface area (Å²) >= 11 is 0. The fourth-order valence-electron chi connectivity index (χ4n) is 8.99. The number of aliphatic hydroxyl groups is 3. The zero-order valence-corrected chi connectivity index (χ0v) is 35.6. The number of piperidine rings is 1. The Morgan fingerprint density at radius 1 is 0.912 bits per heavy atom. The van der Waals surface area contributed by atoms with E-state index in [4.69, 9.17) is 14.2 Å². The number of hydrogen-bond acceptors (Lipinski definition) is 10. The van der Waals surface area contributed by atoms with Crippen molar-refractivity contribution in [1.82, 2.24) is 4.90 Å². The molecule has 11 nitrogen and oxygen atoms in total. The number of methoxy groups -OCH3 is 1. The summed E-state index contributed by atoms with van der Waals surface area (Å²) in [6.45, 7) is 11.6. The van der Waals surface area contributed by atoms with Crippen LogP contribution in [0.2, 0.25) is 0 Å². The van der Waals surface area contributed by atoms with Gasteiger partial charge in [0, 0.05) is 44.8 Å². The number of esters is 1. The molecule has 11 heteroatoms. The van der Waals surface area contributed by atoms with E-state index in [0.29, 0.717) is 62.9 Å². The van der Waals surface area contributed by atoms with Gasteiger partial charge in [-0.3, -0.25) is 14.4 Å². The van der Waals surface area contributed by atoms with Crippen LogP contribution in [-0.4, -0.2) is 99.7 Å². The second-order valence-electron chi connectivity index (χ2n) is 17.7. The molecule has 57 heavy (non-hydrogen) atoms. The molecule has 1 saturated carbocycles. The lowest BCUT2D eigenvalue weighted by Gasteiger charge is -2.42. The smallest absolute Gasteiger partial charge is 0.329 e. The molecule has 3 aliphatic heterocycles. The second-order valence-corrected chi connectivity index (χ2v) is 17.7. The van der Waals surface area contributed by atoms with Crippen molar-refractivity contribution in [2.24, 2.45) is 29.6 Å². The molecule has 3 heterocycles. The highest BCUT2D eigenvalue weighted by atomic mass is 16.6. The van der Waals surface area contributed by atoms with Gasteiger partial charge in [-0.2, -0.15) is 0 Å². The number of Topliss-reactive ketones (excluding diaryl/α,β-unsaturated/α-hetero) is 2. The lowest BCUT2D eigenvalue weighted by atomic mass is 9.80. The van der Waals surface area contributed by atoms with Gasteiger partial charge < -0.3 is 34.4 Å². The van der Waals surface area contributed by atoms with Gasteiger partial charge in [-0.15, -0.1) is 0 Å². The van der Waals surface area contributed by atoms with Crippen molar-refractivity contribution in [3.05, 3.63) is 47.6 Å². The summed E-state index contributed by atoms with van der Waals surface area (Å²) in [4.78, 5) is 56.8. The van der Waals surface area contributed by atoms with E-state index in [-0.39, 0.29) is 48.7 Å². The van der Waals surface area contributed by atoms with Crippen LogP contribution in [0.5, 0.6) is 0 Å². The fourth-order valence-corrected chi connectivity index (χ4v) is 8.99. The van der Waals surface area contributed by atoms with Gasteiger partial charge in [0.15, 0.2) is 0 Å². The van der Waals surface area contributed by atoms with E-state index >= 15 is 0 Å². The summed E-state index contributed by atoms with van der Waals surface area (Å²) in [6.07, 6.45) is 16.7. The van der Waals surface area contributed by atoms with Crippen LogP contribution < -0.4 is 0 Å². The average Bonchev–Trinajstić information content (AvgIpc) is 3.19. The Hall–Kier alpha value is -2.96. The zero-order chi connectivity index (χ0) is 41.9. The van der Waals surface area contributed by atoms with Gasteiger partial charge in [0.05, 0.1) is 24.4 Å². The molecular weight excluding hydrogens is 727 g/mol. The highest BCUT2D eigenvalue weighted by Crippen LogP contribution is 2.37. The summed E-state index contributed by atoms with van der Waals surface area (Å²) in [5, 5.41) is 33.1. The van der Waals surface area contributed by atoms with Gasteiger partial charge in [0.25, 0.3) is 11.7 Å². The minimum atomic E-state index is -2.36. The normalized spacial score (nSPS) is 37.1. The number of carbonyl (C=O) groups excluding carboxylic acids is 4. The maximum absolute atomic E-state index is 14.1. The standard InChI is InChI=1S/C46H71NO10/c1-29-13-9-8-10-14-31(3)42(55-7)27-37-22-17-34(6)46(54,57-37)43(51)44(52)47-24-12-11-15-38(47)45(53)56-41(33(5)26-35-18-20-36(48)21-19-35)23-16-30(2)39(49)28-40(50)32(4)25-29/h8-10,13-14,16,29,32-39,41-42,48-49,54H,11-12,15,17-28H2,1-7H3. The van der Waals surface area contributed by atoms with E-state index in [2.05, 4.69) is 6.92 Å². The molecule has 0 aromatic carbocycles. The molecule has 0 spiro atoms. The van der Waals surface area contributed by atoms with Gasteiger partial charge in [-0.1, -0.05) is 64.2 Å². The highest BCUT2D eigenvalue weighted by Gasteiger charge is 2.53. The molecule has 10 atom stereocenters. The Kier molecular flexibility index (Phi) is 17.9. The van der Waals surface area contributed by atoms with E-state index in [1.807, 2.05) is 57.2 Å². The Morgan fingerprint density at radius 3 is 2.33 bits per heavy atom. The summed E-state index contributed by atoms with van der Waals surface area (Å²) < 4.78 is 18.2. The van der Waals surface area contributed by atoms with Crippen LogP contribution in [0.4, 0.5) is 0 Å². The van der Waals surface area contributed by atoms with Crippen LogP contribution >= 0.6 is 0 Å². The van der Waals surface area contributed by atoms with Crippen molar-refractivity contribution in [2.45, 2.75) is 174 Å². The first-order valence-electron chi connectivity index (χ1n) is 21.6. The Balaban J connectivity index is 1.64. The number of allylic oxidation sites excluding steroid dienone is 5. The molecule has 10 unspecified atom stereocenters. The third-order valence-electron chi connectivity index (χ3n) is 13.1. The number of rotatable bonds is 4. The van der Waals surface area contributed by atoms with Crippen LogP contribution in [-0.2, 0) is 33.4 Å². The van der Waals surface area contributed by atoms with Gasteiger partial charge in [-0.25, -0.2) is 4.79 Å². The lowest BCUT2D eigenvalue weighted by molar-refractivity contribution is -0.265. The van der Waals surface area contributed by atoms with Crippen molar-refractivity contribution in [1.29, 1.82) is 0 Å². The van der Waals surface area contributed by atoms with Gasteiger partial charge in [-0.05, 0) is 113 Å². The van der Waals surface area contributed by atoms with Gasteiger partial charge in [0.2, 0.25) is 5.79 Å². The second kappa shape index (κ2) is 21.9. The summed E-state index contributed by atoms with van der Waals surface area (Å²) in [7, 11) is 1.60. The monoisotopic (exact) mass is 798 g/mol. The Labute approximate surface area is 341 Å². The van der Waals surface area contributed by atoms with E-state index in [0.717, 1.165) is 37.7 Å². The van der Waals surface area contributed by atoms with E-state index in [1.54, 1.807) is 21.0 Å². The number of carbonyl (C=O) groups is 4. The molecule has 2 saturated heterocycles.